The number of piperidine rings is 1. The van der Waals surface area contributed by atoms with Gasteiger partial charge in [0, 0.05) is 49.1 Å². The topological polar surface area (TPSA) is 93.2 Å². The van der Waals surface area contributed by atoms with Crippen LogP contribution in [0, 0.1) is 17.7 Å². The molecule has 1 N–H and O–H groups in total. The molecule has 41 heavy (non-hydrogen) atoms. The van der Waals surface area contributed by atoms with Crippen molar-refractivity contribution in [1.29, 1.82) is 0 Å². The van der Waals surface area contributed by atoms with Gasteiger partial charge in [0.25, 0.3) is 5.91 Å². The molecule has 4 aromatic heterocycles. The van der Waals surface area contributed by atoms with E-state index in [4.69, 9.17) is 10.1 Å². The molecule has 5 aromatic rings. The zero-order chi connectivity index (χ0) is 27.9. The second-order valence-electron chi connectivity index (χ2n) is 10.8. The molecule has 11 heteroatoms. The summed E-state index contributed by atoms with van der Waals surface area (Å²) in [6, 6.07) is 12.8. The molecule has 0 unspecified atom stereocenters. The minimum absolute atomic E-state index is 0.138. The third-order valence-corrected chi connectivity index (χ3v) is 7.87. The van der Waals surface area contributed by atoms with E-state index in [9.17, 15) is 13.6 Å². The van der Waals surface area contributed by atoms with E-state index in [0.717, 1.165) is 54.9 Å². The summed E-state index contributed by atoms with van der Waals surface area (Å²) in [6.45, 7) is 3.28. The molecule has 208 valence electrons. The van der Waals surface area contributed by atoms with Gasteiger partial charge in [-0.05, 0) is 74.1 Å². The molecule has 7 rings (SSSR count). The lowest BCUT2D eigenvalue weighted by Crippen LogP contribution is -2.36. The van der Waals surface area contributed by atoms with Crippen molar-refractivity contribution in [3.05, 3.63) is 84.6 Å². The highest BCUT2D eigenvalue weighted by atomic mass is 19.1. The van der Waals surface area contributed by atoms with Crippen LogP contribution in [0.4, 0.5) is 14.6 Å². The van der Waals surface area contributed by atoms with Gasteiger partial charge in [-0.2, -0.15) is 9.49 Å². The average molecular weight is 555 g/mol. The van der Waals surface area contributed by atoms with Crippen molar-refractivity contribution in [2.45, 2.75) is 31.7 Å². The number of amides is 1. The van der Waals surface area contributed by atoms with Crippen molar-refractivity contribution in [2.75, 3.05) is 25.0 Å². The van der Waals surface area contributed by atoms with Gasteiger partial charge in [-0.25, -0.2) is 23.9 Å². The number of carbonyl (C=O) groups is 1. The Balaban J connectivity index is 1.21. The molecule has 0 spiro atoms. The summed E-state index contributed by atoms with van der Waals surface area (Å²) in [6.07, 6.45) is 9.44. The third-order valence-electron chi connectivity index (χ3n) is 7.87. The second-order valence-corrected chi connectivity index (χ2v) is 10.8. The van der Waals surface area contributed by atoms with Crippen LogP contribution >= 0.6 is 0 Å². The van der Waals surface area contributed by atoms with Crippen molar-refractivity contribution in [2.24, 2.45) is 5.92 Å². The Bertz CT molecular complexity index is 1720. The molecule has 0 atom stereocenters. The van der Waals surface area contributed by atoms with Crippen LogP contribution in [0.1, 0.15) is 42.1 Å². The van der Waals surface area contributed by atoms with E-state index in [0.29, 0.717) is 11.3 Å². The van der Waals surface area contributed by atoms with E-state index < -0.39 is 11.9 Å². The Morgan fingerprint density at radius 3 is 2.54 bits per heavy atom. The summed E-state index contributed by atoms with van der Waals surface area (Å²) in [5.41, 5.74) is 3.74. The fraction of sp³-hybridized carbons (Fsp3) is 0.300. The van der Waals surface area contributed by atoms with Gasteiger partial charge in [0.05, 0.1) is 23.9 Å². The number of likely N-dealkylation sites (tertiary alicyclic amines) is 1. The Morgan fingerprint density at radius 2 is 1.78 bits per heavy atom. The number of halogens is 2. The normalized spacial score (nSPS) is 16.3. The van der Waals surface area contributed by atoms with Crippen LogP contribution in [-0.4, -0.2) is 59.6 Å². The first-order valence-electron chi connectivity index (χ1n) is 13.8. The minimum atomic E-state index is -0.735. The number of pyridine rings is 1. The number of carbonyl (C=O) groups excluding carboxylic acids is 1. The van der Waals surface area contributed by atoms with Gasteiger partial charge in [0.1, 0.15) is 11.5 Å². The number of nitrogens with one attached hydrogen (secondary N) is 1. The number of hydrogen-bond acceptors (Lipinski definition) is 6. The first-order chi connectivity index (χ1) is 20.0. The van der Waals surface area contributed by atoms with Gasteiger partial charge in [0.2, 0.25) is 5.95 Å². The number of benzene rings is 1. The standard InChI is InChI=1S/C30H28F2N8O/c31-22-5-3-20(4-6-22)28-29(39(18-34-28)23-10-13-38(14-11-23)16-19-1-2-19)24-7-8-27-35-26(17-40(27)37-24)36-30(41)21-9-12-33-25(32)15-21/h3-9,12,15,17-19,23H,1-2,10-11,13-14,16H2,(H,36,41). The monoisotopic (exact) mass is 554 g/mol. The minimum Gasteiger partial charge on any atom is -0.326 e. The molecule has 1 amide bonds. The van der Waals surface area contributed by atoms with Crippen LogP contribution < -0.4 is 5.32 Å². The number of rotatable bonds is 7. The SMILES string of the molecule is O=C(Nc1cn2nc(-c3c(-c4ccc(F)cc4)ncn3C3CCN(CC4CC4)CC3)ccc2n1)c1ccnc(F)c1. The lowest BCUT2D eigenvalue weighted by atomic mass is 10.0. The number of nitrogens with zero attached hydrogens (tertiary/aromatic N) is 7. The molecule has 2 fully saturated rings. The quantitative estimate of drug-likeness (QED) is 0.277. The lowest BCUT2D eigenvalue weighted by Gasteiger charge is -2.33. The van der Waals surface area contributed by atoms with Gasteiger partial charge in [-0.3, -0.25) is 4.79 Å². The highest BCUT2D eigenvalue weighted by Crippen LogP contribution is 2.37. The summed E-state index contributed by atoms with van der Waals surface area (Å²) in [7, 11) is 0. The van der Waals surface area contributed by atoms with Gasteiger partial charge in [-0.1, -0.05) is 0 Å². The van der Waals surface area contributed by atoms with Crippen LogP contribution in [0.5, 0.6) is 0 Å². The van der Waals surface area contributed by atoms with Crippen molar-refractivity contribution >= 4 is 17.4 Å². The van der Waals surface area contributed by atoms with Crippen LogP contribution in [0.3, 0.4) is 0 Å². The molecule has 0 bridgehead atoms. The highest BCUT2D eigenvalue weighted by molar-refractivity contribution is 6.03. The number of hydrogen-bond donors (Lipinski definition) is 1. The Labute approximate surface area is 234 Å². The Hall–Kier alpha value is -4.51. The zero-order valence-electron chi connectivity index (χ0n) is 22.2. The van der Waals surface area contributed by atoms with Crippen molar-refractivity contribution in [1.82, 2.24) is 34.0 Å². The molecular formula is C30H28F2N8O. The molecule has 1 saturated carbocycles. The summed E-state index contributed by atoms with van der Waals surface area (Å²) < 4.78 is 31.0. The maximum Gasteiger partial charge on any atom is 0.257 e. The predicted octanol–water partition coefficient (Wildman–Crippen LogP) is 5.23. The summed E-state index contributed by atoms with van der Waals surface area (Å²) >= 11 is 0. The van der Waals surface area contributed by atoms with E-state index in [2.05, 4.69) is 24.8 Å². The third kappa shape index (κ3) is 5.32. The molecule has 0 radical (unpaired) electrons. The fourth-order valence-electron chi connectivity index (χ4n) is 5.56. The first-order valence-corrected chi connectivity index (χ1v) is 13.8. The molecule has 1 aliphatic heterocycles. The first kappa shape index (κ1) is 25.5. The van der Waals surface area contributed by atoms with Gasteiger partial charge >= 0.3 is 0 Å². The fourth-order valence-corrected chi connectivity index (χ4v) is 5.56. The number of aromatic nitrogens is 6. The largest absolute Gasteiger partial charge is 0.326 e. The average Bonchev–Trinajstić information content (AvgIpc) is 3.53. The molecule has 1 aromatic carbocycles. The van der Waals surface area contributed by atoms with Gasteiger partial charge < -0.3 is 14.8 Å². The Kier molecular flexibility index (Phi) is 6.50. The molecule has 2 aliphatic rings. The zero-order valence-corrected chi connectivity index (χ0v) is 22.2. The molecule has 1 aliphatic carbocycles. The van der Waals surface area contributed by atoms with Crippen LogP contribution in [0.25, 0.3) is 28.3 Å². The summed E-state index contributed by atoms with van der Waals surface area (Å²) in [5.74, 6) is -0.389. The van der Waals surface area contributed by atoms with E-state index in [-0.39, 0.29) is 23.2 Å². The molecule has 1 saturated heterocycles. The maximum atomic E-state index is 13.7. The van der Waals surface area contributed by atoms with E-state index >= 15 is 0 Å². The summed E-state index contributed by atoms with van der Waals surface area (Å²) in [5, 5.41) is 7.54. The maximum absolute atomic E-state index is 13.7. The molecule has 5 heterocycles. The lowest BCUT2D eigenvalue weighted by molar-refractivity contribution is 0.102. The smallest absolute Gasteiger partial charge is 0.257 e. The van der Waals surface area contributed by atoms with Gasteiger partial charge in [-0.15, -0.1) is 0 Å². The number of fused-ring (bicyclic) bond motifs is 1. The highest BCUT2D eigenvalue weighted by Gasteiger charge is 2.29. The van der Waals surface area contributed by atoms with Crippen molar-refractivity contribution in [3.63, 3.8) is 0 Å². The van der Waals surface area contributed by atoms with E-state index in [1.165, 1.54) is 43.8 Å². The van der Waals surface area contributed by atoms with Gasteiger partial charge in [0.15, 0.2) is 11.5 Å². The number of anilines is 1. The number of imidazole rings is 2. The summed E-state index contributed by atoms with van der Waals surface area (Å²) in [4.78, 5) is 27.9. The van der Waals surface area contributed by atoms with E-state index in [1.54, 1.807) is 22.8 Å². The molecular weight excluding hydrogens is 526 g/mol. The van der Waals surface area contributed by atoms with Crippen LogP contribution in [0.15, 0.2) is 67.3 Å². The van der Waals surface area contributed by atoms with Crippen molar-refractivity contribution in [3.8, 4) is 22.6 Å². The second kappa shape index (κ2) is 10.5. The Morgan fingerprint density at radius 1 is 0.976 bits per heavy atom. The molecule has 9 nitrogen and oxygen atoms in total. The van der Waals surface area contributed by atoms with Crippen molar-refractivity contribution < 1.29 is 13.6 Å². The van der Waals surface area contributed by atoms with E-state index in [1.807, 2.05) is 18.5 Å². The van der Waals surface area contributed by atoms with Crippen LogP contribution in [0.2, 0.25) is 0 Å². The predicted molar refractivity (Wildman–Crippen MR) is 149 cm³/mol. The van der Waals surface area contributed by atoms with Crippen LogP contribution in [-0.2, 0) is 0 Å².